The summed E-state index contributed by atoms with van der Waals surface area (Å²) in [5.41, 5.74) is 6.41. The predicted molar refractivity (Wildman–Crippen MR) is 120 cm³/mol. The van der Waals surface area contributed by atoms with E-state index in [0.29, 0.717) is 22.0 Å². The average Bonchev–Trinajstić information content (AvgIpc) is 2.75. The van der Waals surface area contributed by atoms with Gasteiger partial charge in [0, 0.05) is 16.3 Å². The van der Waals surface area contributed by atoms with Crippen LogP contribution < -0.4 is 31.7 Å². The molecule has 3 amide bonds. The number of carbonyl (C=O) groups is 3. The molecule has 3 rings (SSSR count). The zero-order valence-electron chi connectivity index (χ0n) is 16.6. The van der Waals surface area contributed by atoms with Gasteiger partial charge in [-0.3, -0.25) is 19.7 Å². The van der Waals surface area contributed by atoms with Gasteiger partial charge in [-0.2, -0.15) is 0 Å². The van der Waals surface area contributed by atoms with Crippen molar-refractivity contribution in [3.8, 4) is 5.75 Å². The largest absolute Gasteiger partial charge is 0.497 e. The van der Waals surface area contributed by atoms with Gasteiger partial charge in [-0.15, -0.1) is 11.8 Å². The first kappa shape index (κ1) is 22.9. The Hall–Kier alpha value is -2.79. The van der Waals surface area contributed by atoms with Crippen LogP contribution in [0, 0.1) is 0 Å². The number of benzene rings is 2. The molecule has 6 N–H and O–H groups in total. The number of hydrogen-bond acceptors (Lipinski definition) is 7. The van der Waals surface area contributed by atoms with Gasteiger partial charge in [-0.25, -0.2) is 0 Å². The normalized spacial score (nSPS) is 20.5. The minimum absolute atomic E-state index is 0.0695. The zero-order chi connectivity index (χ0) is 22.4. The van der Waals surface area contributed by atoms with Crippen LogP contribution in [0.2, 0.25) is 5.02 Å². The van der Waals surface area contributed by atoms with Crippen molar-refractivity contribution in [2.24, 2.45) is 5.73 Å². The smallest absolute Gasteiger partial charge is 0.252 e. The highest BCUT2D eigenvalue weighted by molar-refractivity contribution is 8.00. The van der Waals surface area contributed by atoms with Crippen molar-refractivity contribution in [1.82, 2.24) is 16.0 Å². The van der Waals surface area contributed by atoms with Crippen LogP contribution in [0.1, 0.15) is 10.4 Å². The van der Waals surface area contributed by atoms with Gasteiger partial charge in [-0.1, -0.05) is 17.7 Å². The number of halogens is 1. The molecule has 0 aromatic heterocycles. The summed E-state index contributed by atoms with van der Waals surface area (Å²) in [6.45, 7) is 0. The summed E-state index contributed by atoms with van der Waals surface area (Å²) < 4.78 is 5.06. The van der Waals surface area contributed by atoms with Gasteiger partial charge < -0.3 is 26.4 Å². The third-order valence-corrected chi connectivity index (χ3v) is 5.64. The van der Waals surface area contributed by atoms with Crippen LogP contribution in [-0.4, -0.2) is 48.3 Å². The van der Waals surface area contributed by atoms with Crippen LogP contribution >= 0.6 is 23.4 Å². The molecule has 1 aliphatic heterocycles. The molecule has 1 fully saturated rings. The second kappa shape index (κ2) is 10.5. The monoisotopic (exact) mass is 463 g/mol. The number of carbonyl (C=O) groups excluding carboxylic acids is 3. The number of nitrogens with one attached hydrogen (secondary N) is 4. The third-order valence-electron chi connectivity index (χ3n) is 4.39. The van der Waals surface area contributed by atoms with E-state index in [1.54, 1.807) is 48.5 Å². The van der Waals surface area contributed by atoms with E-state index < -0.39 is 29.5 Å². The standard InChI is InChI=1S/C20H22ClN5O4S/c1-30-14-7-5-11(6-8-14)18(28)24-16-17(22)25-20(26-19(16)29)31-10-15(27)23-13-4-2-3-12(21)9-13/h2-9,16-17,20,25H,10,22H2,1H3,(H,23,27)(H,24,28)(H,26,29). The van der Waals surface area contributed by atoms with Crippen LogP contribution in [0.25, 0.3) is 0 Å². The molecular formula is C20H22ClN5O4S. The zero-order valence-corrected chi connectivity index (χ0v) is 18.1. The lowest BCUT2D eigenvalue weighted by Crippen LogP contribution is -2.70. The minimum Gasteiger partial charge on any atom is -0.497 e. The van der Waals surface area contributed by atoms with Crippen LogP contribution in [-0.2, 0) is 9.59 Å². The maximum absolute atomic E-state index is 12.5. The number of methoxy groups -OCH3 is 1. The molecule has 11 heteroatoms. The molecule has 164 valence electrons. The van der Waals surface area contributed by atoms with Crippen molar-refractivity contribution >= 4 is 46.8 Å². The summed E-state index contributed by atoms with van der Waals surface area (Å²) in [5, 5.41) is 11.5. The number of hydrogen-bond donors (Lipinski definition) is 5. The molecule has 31 heavy (non-hydrogen) atoms. The summed E-state index contributed by atoms with van der Waals surface area (Å²) in [5.74, 6) is -0.454. The maximum atomic E-state index is 12.5. The maximum Gasteiger partial charge on any atom is 0.252 e. The second-order valence-electron chi connectivity index (χ2n) is 6.63. The summed E-state index contributed by atoms with van der Waals surface area (Å²) in [6.07, 6.45) is -0.829. The fraction of sp³-hybridized carbons (Fsp3) is 0.250. The van der Waals surface area contributed by atoms with Crippen LogP contribution in [0.4, 0.5) is 5.69 Å². The van der Waals surface area contributed by atoms with E-state index >= 15 is 0 Å². The molecule has 3 unspecified atom stereocenters. The molecular weight excluding hydrogens is 442 g/mol. The Kier molecular flexibility index (Phi) is 7.75. The summed E-state index contributed by atoms with van der Waals surface area (Å²) >= 11 is 7.06. The minimum atomic E-state index is -0.966. The first-order chi connectivity index (χ1) is 14.9. The summed E-state index contributed by atoms with van der Waals surface area (Å²) in [4.78, 5) is 37.0. The molecule has 1 saturated heterocycles. The fourth-order valence-electron chi connectivity index (χ4n) is 2.83. The van der Waals surface area contributed by atoms with Crippen molar-refractivity contribution in [3.05, 3.63) is 59.1 Å². The lowest BCUT2D eigenvalue weighted by molar-refractivity contribution is -0.125. The Bertz CT molecular complexity index is 959. The molecule has 0 bridgehead atoms. The van der Waals surface area contributed by atoms with Crippen molar-refractivity contribution < 1.29 is 19.1 Å². The van der Waals surface area contributed by atoms with Gasteiger partial charge in [0.1, 0.15) is 17.3 Å². The van der Waals surface area contributed by atoms with E-state index in [9.17, 15) is 14.4 Å². The molecule has 0 saturated carbocycles. The molecule has 9 nitrogen and oxygen atoms in total. The fourth-order valence-corrected chi connectivity index (χ4v) is 3.86. The van der Waals surface area contributed by atoms with E-state index in [4.69, 9.17) is 22.1 Å². The lowest BCUT2D eigenvalue weighted by Gasteiger charge is -2.35. The molecule has 2 aromatic rings. The highest BCUT2D eigenvalue weighted by Gasteiger charge is 2.35. The second-order valence-corrected chi connectivity index (χ2v) is 8.16. The van der Waals surface area contributed by atoms with E-state index in [-0.39, 0.29) is 11.7 Å². The van der Waals surface area contributed by atoms with Crippen molar-refractivity contribution in [2.75, 3.05) is 18.2 Å². The number of anilines is 1. The van der Waals surface area contributed by atoms with Crippen LogP contribution in [0.3, 0.4) is 0 Å². The summed E-state index contributed by atoms with van der Waals surface area (Å²) in [7, 11) is 1.53. The molecule has 2 aromatic carbocycles. The molecule has 0 radical (unpaired) electrons. The Balaban J connectivity index is 1.49. The Morgan fingerprint density at radius 1 is 1.23 bits per heavy atom. The van der Waals surface area contributed by atoms with E-state index in [1.165, 1.54) is 7.11 Å². The van der Waals surface area contributed by atoms with Gasteiger partial charge in [0.2, 0.25) is 11.8 Å². The SMILES string of the molecule is COc1ccc(C(=O)NC2C(=O)NC(SCC(=O)Nc3cccc(Cl)c3)NC2N)cc1. The van der Waals surface area contributed by atoms with Gasteiger partial charge in [0.25, 0.3) is 5.91 Å². The summed E-state index contributed by atoms with van der Waals surface area (Å²) in [6, 6.07) is 12.3. The van der Waals surface area contributed by atoms with E-state index in [1.807, 2.05) is 0 Å². The lowest BCUT2D eigenvalue weighted by atomic mass is 10.1. The van der Waals surface area contributed by atoms with Gasteiger partial charge in [-0.05, 0) is 42.5 Å². The highest BCUT2D eigenvalue weighted by Crippen LogP contribution is 2.17. The first-order valence-electron chi connectivity index (χ1n) is 9.29. The molecule has 1 aliphatic rings. The quantitative estimate of drug-likeness (QED) is 0.415. The highest BCUT2D eigenvalue weighted by atomic mass is 35.5. The molecule has 1 heterocycles. The Morgan fingerprint density at radius 2 is 1.97 bits per heavy atom. The van der Waals surface area contributed by atoms with Gasteiger partial charge in [0.15, 0.2) is 0 Å². The number of rotatable bonds is 7. The van der Waals surface area contributed by atoms with E-state index in [0.717, 1.165) is 11.8 Å². The van der Waals surface area contributed by atoms with Crippen molar-refractivity contribution in [2.45, 2.75) is 17.7 Å². The first-order valence-corrected chi connectivity index (χ1v) is 10.7. The van der Waals surface area contributed by atoms with Crippen LogP contribution in [0.5, 0.6) is 5.75 Å². The number of amides is 3. The van der Waals surface area contributed by atoms with Gasteiger partial charge >= 0.3 is 0 Å². The molecule has 0 spiro atoms. The Morgan fingerprint density at radius 3 is 2.61 bits per heavy atom. The third kappa shape index (κ3) is 6.34. The average molecular weight is 464 g/mol. The number of nitrogens with two attached hydrogens (primary N) is 1. The van der Waals surface area contributed by atoms with Crippen molar-refractivity contribution in [3.63, 3.8) is 0 Å². The number of thioether (sulfide) groups is 1. The topological polar surface area (TPSA) is 135 Å². The molecule has 0 aliphatic carbocycles. The van der Waals surface area contributed by atoms with Crippen LogP contribution in [0.15, 0.2) is 48.5 Å². The van der Waals surface area contributed by atoms with Crippen molar-refractivity contribution in [1.29, 1.82) is 0 Å². The van der Waals surface area contributed by atoms with E-state index in [2.05, 4.69) is 21.3 Å². The number of ether oxygens (including phenoxy) is 1. The predicted octanol–water partition coefficient (Wildman–Crippen LogP) is 1.11. The molecule has 3 atom stereocenters. The van der Waals surface area contributed by atoms with Gasteiger partial charge in [0.05, 0.1) is 19.0 Å². The Labute approximate surface area is 188 Å².